The highest BCUT2D eigenvalue weighted by Crippen LogP contribution is 2.32. The van der Waals surface area contributed by atoms with Gasteiger partial charge in [-0.25, -0.2) is 9.50 Å². The normalized spacial score (nSPS) is 15.2. The van der Waals surface area contributed by atoms with Gasteiger partial charge in [-0.15, -0.1) is 0 Å². The van der Waals surface area contributed by atoms with Crippen LogP contribution in [0.15, 0.2) is 43.0 Å². The lowest BCUT2D eigenvalue weighted by molar-refractivity contribution is 0.0283. The number of nitrogens with one attached hydrogen (secondary N) is 1. The number of nitrogens with zero attached hydrogens (tertiary/aromatic N) is 7. The molecule has 208 valence electrons. The van der Waals surface area contributed by atoms with Crippen molar-refractivity contribution in [1.82, 2.24) is 29.7 Å². The number of carbonyl (C=O) groups excluding carboxylic acids is 1. The van der Waals surface area contributed by atoms with E-state index in [9.17, 15) is 15.2 Å². The van der Waals surface area contributed by atoms with Gasteiger partial charge in [-0.1, -0.05) is 0 Å². The molecule has 0 unspecified atom stereocenters. The number of carbonyl (C=O) groups is 1. The molecule has 2 N–H and O–H groups in total. The molecule has 0 atom stereocenters. The van der Waals surface area contributed by atoms with Gasteiger partial charge in [0.05, 0.1) is 40.8 Å². The maximum atomic E-state index is 12.9. The lowest BCUT2D eigenvalue weighted by Crippen LogP contribution is -2.53. The highest BCUT2D eigenvalue weighted by Gasteiger charge is 2.33. The first-order chi connectivity index (χ1) is 19.0. The van der Waals surface area contributed by atoms with E-state index in [2.05, 4.69) is 33.4 Å². The lowest BCUT2D eigenvalue weighted by Gasteiger charge is -2.40. The van der Waals surface area contributed by atoms with Gasteiger partial charge in [-0.05, 0) is 58.7 Å². The average Bonchev–Trinajstić information content (AvgIpc) is 3.49. The fraction of sp³-hybridized carbons (Fsp3) is 0.414. The van der Waals surface area contributed by atoms with Crippen molar-refractivity contribution in [2.75, 3.05) is 24.6 Å². The maximum absolute atomic E-state index is 12.9. The third-order valence-electron chi connectivity index (χ3n) is 7.44. The van der Waals surface area contributed by atoms with Gasteiger partial charge in [0.2, 0.25) is 0 Å². The highest BCUT2D eigenvalue weighted by molar-refractivity contribution is 5.95. The summed E-state index contributed by atoms with van der Waals surface area (Å²) in [5.41, 5.74) is 2.83. The van der Waals surface area contributed by atoms with Crippen LogP contribution in [0.3, 0.4) is 0 Å². The SMILES string of the molecule is Cc1c(C(=O)NC2(C)CCN(c3ccc(-c4cc(OCC(C)(C)O)cn5ncc(C#N)c45)cn3)CC2)cnn1C. The molecule has 1 saturated heterocycles. The number of nitriles is 1. The molecule has 0 radical (unpaired) electrons. The summed E-state index contributed by atoms with van der Waals surface area (Å²) < 4.78 is 9.15. The van der Waals surface area contributed by atoms with Gasteiger partial charge in [-0.2, -0.15) is 15.5 Å². The topological polar surface area (TPSA) is 134 Å². The summed E-state index contributed by atoms with van der Waals surface area (Å²) in [5, 5.41) is 31.4. The van der Waals surface area contributed by atoms with E-state index >= 15 is 0 Å². The van der Waals surface area contributed by atoms with Crippen LogP contribution < -0.4 is 15.0 Å². The summed E-state index contributed by atoms with van der Waals surface area (Å²) in [6, 6.07) is 8.00. The Morgan fingerprint density at radius 3 is 2.58 bits per heavy atom. The highest BCUT2D eigenvalue weighted by atomic mass is 16.5. The second-order valence-corrected chi connectivity index (χ2v) is 11.3. The summed E-state index contributed by atoms with van der Waals surface area (Å²) in [6.07, 6.45) is 8.19. The Bertz CT molecular complexity index is 1580. The van der Waals surface area contributed by atoms with Gasteiger partial charge < -0.3 is 20.1 Å². The summed E-state index contributed by atoms with van der Waals surface area (Å²) in [4.78, 5) is 19.8. The first-order valence-electron chi connectivity index (χ1n) is 13.3. The largest absolute Gasteiger partial charge is 0.489 e. The predicted molar refractivity (Wildman–Crippen MR) is 150 cm³/mol. The number of pyridine rings is 2. The van der Waals surface area contributed by atoms with E-state index in [0.29, 0.717) is 22.4 Å². The Balaban J connectivity index is 1.32. The van der Waals surface area contributed by atoms with Gasteiger partial charge in [0.15, 0.2) is 0 Å². The van der Waals surface area contributed by atoms with E-state index in [-0.39, 0.29) is 18.1 Å². The number of rotatable bonds is 7. The zero-order valence-corrected chi connectivity index (χ0v) is 23.5. The molecule has 0 aromatic carbocycles. The first kappa shape index (κ1) is 27.1. The molecule has 5 rings (SSSR count). The maximum Gasteiger partial charge on any atom is 0.255 e. The fourth-order valence-electron chi connectivity index (χ4n) is 4.89. The van der Waals surface area contributed by atoms with E-state index < -0.39 is 5.60 Å². The Labute approximate surface area is 233 Å². The zero-order valence-electron chi connectivity index (χ0n) is 23.5. The predicted octanol–water partition coefficient (Wildman–Crippen LogP) is 3.25. The Kier molecular flexibility index (Phi) is 6.98. The van der Waals surface area contributed by atoms with Crippen LogP contribution in [0.5, 0.6) is 5.75 Å². The summed E-state index contributed by atoms with van der Waals surface area (Å²) >= 11 is 0. The van der Waals surface area contributed by atoms with Crippen LogP contribution in [0.4, 0.5) is 5.82 Å². The molecule has 11 heteroatoms. The summed E-state index contributed by atoms with van der Waals surface area (Å²) in [5.74, 6) is 1.28. The van der Waals surface area contributed by atoms with Gasteiger partial charge in [0.25, 0.3) is 5.91 Å². The molecule has 5 heterocycles. The number of hydrogen-bond acceptors (Lipinski definition) is 8. The number of piperidine rings is 1. The van der Waals surface area contributed by atoms with Crippen molar-refractivity contribution in [3.8, 4) is 22.9 Å². The minimum absolute atomic E-state index is 0.0966. The molecule has 0 spiro atoms. The monoisotopic (exact) mass is 542 g/mol. The second-order valence-electron chi connectivity index (χ2n) is 11.3. The van der Waals surface area contributed by atoms with Gasteiger partial charge in [-0.3, -0.25) is 9.48 Å². The molecule has 0 bridgehead atoms. The molecule has 4 aromatic heterocycles. The second kappa shape index (κ2) is 10.3. The Hall–Kier alpha value is -4.43. The first-order valence-corrected chi connectivity index (χ1v) is 13.3. The molecule has 0 aliphatic carbocycles. The standard InChI is InChI=1S/C29H34N8O3/c1-19-24(16-32-35(19)5)27(38)34-29(4)8-10-36(11-9-29)25-7-6-20(14-31-25)23-12-22(40-18-28(2,3)39)17-37-26(23)21(13-30)15-33-37/h6-7,12,14-17,39H,8-11,18H2,1-5H3,(H,34,38). The molecular formula is C29H34N8O3. The number of amides is 1. The molecule has 0 saturated carbocycles. The van der Waals surface area contributed by atoms with Crippen molar-refractivity contribution in [3.05, 3.63) is 59.8 Å². The van der Waals surface area contributed by atoms with Crippen LogP contribution in [-0.2, 0) is 7.05 Å². The molecule has 1 aliphatic heterocycles. The van der Waals surface area contributed by atoms with Crippen molar-refractivity contribution >= 4 is 17.2 Å². The molecule has 40 heavy (non-hydrogen) atoms. The van der Waals surface area contributed by atoms with Crippen LogP contribution in [0, 0.1) is 18.3 Å². The van der Waals surface area contributed by atoms with Crippen LogP contribution >= 0.6 is 0 Å². The van der Waals surface area contributed by atoms with Crippen LogP contribution in [0.25, 0.3) is 16.6 Å². The number of aromatic nitrogens is 5. The van der Waals surface area contributed by atoms with Crippen molar-refractivity contribution in [2.24, 2.45) is 7.05 Å². The van der Waals surface area contributed by atoms with Crippen LogP contribution in [0.1, 0.15) is 55.2 Å². The lowest BCUT2D eigenvalue weighted by atomic mass is 9.89. The van der Waals surface area contributed by atoms with Crippen molar-refractivity contribution in [2.45, 2.75) is 51.7 Å². The summed E-state index contributed by atoms with van der Waals surface area (Å²) in [6.45, 7) is 8.94. The number of aryl methyl sites for hydroxylation is 1. The Morgan fingerprint density at radius 1 is 1.23 bits per heavy atom. The fourth-order valence-corrected chi connectivity index (χ4v) is 4.89. The number of anilines is 1. The zero-order chi connectivity index (χ0) is 28.7. The van der Waals surface area contributed by atoms with Crippen LogP contribution in [-0.4, -0.2) is 66.2 Å². The van der Waals surface area contributed by atoms with E-state index in [1.54, 1.807) is 41.6 Å². The van der Waals surface area contributed by atoms with Crippen molar-refractivity contribution < 1.29 is 14.6 Å². The van der Waals surface area contributed by atoms with Crippen molar-refractivity contribution in [3.63, 3.8) is 0 Å². The van der Waals surface area contributed by atoms with Gasteiger partial charge >= 0.3 is 0 Å². The third-order valence-corrected chi connectivity index (χ3v) is 7.44. The van der Waals surface area contributed by atoms with Gasteiger partial charge in [0, 0.05) is 48.7 Å². The van der Waals surface area contributed by atoms with E-state index in [4.69, 9.17) is 9.72 Å². The molecule has 4 aromatic rings. The minimum Gasteiger partial charge on any atom is -0.489 e. The molecule has 1 aliphatic rings. The molecular weight excluding hydrogens is 508 g/mol. The van der Waals surface area contributed by atoms with E-state index in [1.165, 1.54) is 6.20 Å². The smallest absolute Gasteiger partial charge is 0.255 e. The molecule has 11 nitrogen and oxygen atoms in total. The number of fused-ring (bicyclic) bond motifs is 1. The van der Waals surface area contributed by atoms with E-state index in [1.807, 2.05) is 32.2 Å². The minimum atomic E-state index is -0.995. The number of hydrogen-bond donors (Lipinski definition) is 2. The number of ether oxygens (including phenoxy) is 1. The van der Waals surface area contributed by atoms with E-state index in [0.717, 1.165) is 48.6 Å². The third kappa shape index (κ3) is 5.49. The summed E-state index contributed by atoms with van der Waals surface area (Å²) in [7, 11) is 1.83. The Morgan fingerprint density at radius 2 is 1.98 bits per heavy atom. The average molecular weight is 543 g/mol. The van der Waals surface area contributed by atoms with Gasteiger partial charge in [0.1, 0.15) is 24.2 Å². The number of aliphatic hydroxyl groups is 1. The van der Waals surface area contributed by atoms with Crippen molar-refractivity contribution in [1.29, 1.82) is 5.26 Å². The quantitative estimate of drug-likeness (QED) is 0.364. The molecule has 1 fully saturated rings. The van der Waals surface area contributed by atoms with Crippen LogP contribution in [0.2, 0.25) is 0 Å². The molecule has 1 amide bonds.